The smallest absolute Gasteiger partial charge is 0.229 e. The Bertz CT molecular complexity index is 868. The van der Waals surface area contributed by atoms with Crippen LogP contribution in [0, 0.1) is 0 Å². The van der Waals surface area contributed by atoms with Crippen LogP contribution < -0.4 is 15.4 Å². The highest BCUT2D eigenvalue weighted by Crippen LogP contribution is 2.25. The van der Waals surface area contributed by atoms with Gasteiger partial charge in [0.1, 0.15) is 11.6 Å². The van der Waals surface area contributed by atoms with E-state index in [9.17, 15) is 0 Å². The van der Waals surface area contributed by atoms with Gasteiger partial charge < -0.3 is 15.4 Å². The minimum absolute atomic E-state index is 0.136. The molecule has 0 aliphatic heterocycles. The first-order valence-electron chi connectivity index (χ1n) is 9.14. The maximum Gasteiger partial charge on any atom is 0.229 e. The number of aromatic nitrogens is 2. The molecular formula is C22H26N4O. The van der Waals surface area contributed by atoms with Gasteiger partial charge in [-0.05, 0) is 60.4 Å². The van der Waals surface area contributed by atoms with Crippen LogP contribution in [0.25, 0.3) is 0 Å². The van der Waals surface area contributed by atoms with E-state index in [-0.39, 0.29) is 5.41 Å². The van der Waals surface area contributed by atoms with E-state index < -0.39 is 0 Å². The van der Waals surface area contributed by atoms with Crippen molar-refractivity contribution in [3.63, 3.8) is 0 Å². The fourth-order valence-electron chi connectivity index (χ4n) is 2.62. The van der Waals surface area contributed by atoms with Crippen molar-refractivity contribution in [1.82, 2.24) is 9.97 Å². The number of rotatable bonds is 6. The first kappa shape index (κ1) is 18.7. The zero-order chi connectivity index (χ0) is 19.3. The summed E-state index contributed by atoms with van der Waals surface area (Å²) in [4.78, 5) is 8.83. The summed E-state index contributed by atoms with van der Waals surface area (Å²) in [6, 6.07) is 18.0. The summed E-state index contributed by atoms with van der Waals surface area (Å²) in [7, 11) is 0. The molecule has 0 bridgehead atoms. The van der Waals surface area contributed by atoms with Crippen LogP contribution in [0.1, 0.15) is 33.3 Å². The van der Waals surface area contributed by atoms with Gasteiger partial charge in [0.05, 0.1) is 6.61 Å². The van der Waals surface area contributed by atoms with E-state index >= 15 is 0 Å². The summed E-state index contributed by atoms with van der Waals surface area (Å²) < 4.78 is 5.46. The molecule has 5 nitrogen and oxygen atoms in total. The van der Waals surface area contributed by atoms with Crippen molar-refractivity contribution in [2.45, 2.75) is 33.1 Å². The van der Waals surface area contributed by atoms with Crippen LogP contribution in [-0.2, 0) is 5.41 Å². The summed E-state index contributed by atoms with van der Waals surface area (Å²) in [6.07, 6.45) is 1.73. The molecule has 0 unspecified atom stereocenters. The highest BCUT2D eigenvalue weighted by atomic mass is 16.5. The van der Waals surface area contributed by atoms with Gasteiger partial charge in [0.2, 0.25) is 5.95 Å². The second-order valence-electron chi connectivity index (χ2n) is 7.30. The SMILES string of the molecule is CCOc1ccc(Nc2ccnc(Nc3ccc(C(C)(C)C)cc3)n2)cc1. The minimum atomic E-state index is 0.136. The highest BCUT2D eigenvalue weighted by Gasteiger charge is 2.13. The Morgan fingerprint density at radius 3 is 2.11 bits per heavy atom. The Labute approximate surface area is 160 Å². The normalized spacial score (nSPS) is 11.1. The van der Waals surface area contributed by atoms with Crippen LogP contribution in [0.5, 0.6) is 5.75 Å². The first-order chi connectivity index (χ1) is 12.9. The fourth-order valence-corrected chi connectivity index (χ4v) is 2.62. The first-order valence-corrected chi connectivity index (χ1v) is 9.14. The van der Waals surface area contributed by atoms with Crippen LogP contribution in [0.3, 0.4) is 0 Å². The van der Waals surface area contributed by atoms with Crippen molar-refractivity contribution in [3.8, 4) is 5.75 Å². The number of hydrogen-bond donors (Lipinski definition) is 2. The van der Waals surface area contributed by atoms with Gasteiger partial charge in [0, 0.05) is 17.6 Å². The molecular weight excluding hydrogens is 336 g/mol. The molecule has 2 N–H and O–H groups in total. The Kier molecular flexibility index (Phi) is 5.60. The van der Waals surface area contributed by atoms with Gasteiger partial charge in [-0.15, -0.1) is 0 Å². The minimum Gasteiger partial charge on any atom is -0.494 e. The summed E-state index contributed by atoms with van der Waals surface area (Å²) in [5.74, 6) is 2.13. The summed E-state index contributed by atoms with van der Waals surface area (Å²) >= 11 is 0. The standard InChI is InChI=1S/C22H26N4O/c1-5-27-19-12-10-17(11-13-19)24-20-14-15-23-21(26-20)25-18-8-6-16(7-9-18)22(2,3)4/h6-15H,5H2,1-4H3,(H2,23,24,25,26). The second-order valence-corrected chi connectivity index (χ2v) is 7.30. The van der Waals surface area contributed by atoms with Gasteiger partial charge in [-0.2, -0.15) is 4.98 Å². The number of nitrogens with one attached hydrogen (secondary N) is 2. The Morgan fingerprint density at radius 1 is 0.852 bits per heavy atom. The number of hydrogen-bond acceptors (Lipinski definition) is 5. The number of nitrogens with zero attached hydrogens (tertiary/aromatic N) is 2. The Morgan fingerprint density at radius 2 is 1.48 bits per heavy atom. The van der Waals surface area contributed by atoms with E-state index in [2.05, 4.69) is 65.6 Å². The third-order valence-corrected chi connectivity index (χ3v) is 4.10. The number of anilines is 4. The molecule has 1 aromatic heterocycles. The molecule has 1 heterocycles. The third kappa shape index (κ3) is 5.20. The maximum absolute atomic E-state index is 5.46. The largest absolute Gasteiger partial charge is 0.494 e. The van der Waals surface area contributed by atoms with Crippen molar-refractivity contribution >= 4 is 23.1 Å². The number of ether oxygens (including phenoxy) is 1. The lowest BCUT2D eigenvalue weighted by molar-refractivity contribution is 0.340. The zero-order valence-corrected chi connectivity index (χ0v) is 16.3. The van der Waals surface area contributed by atoms with Gasteiger partial charge in [-0.25, -0.2) is 4.98 Å². The van der Waals surface area contributed by atoms with Crippen LogP contribution in [-0.4, -0.2) is 16.6 Å². The van der Waals surface area contributed by atoms with Crippen molar-refractivity contribution in [2.75, 3.05) is 17.2 Å². The van der Waals surface area contributed by atoms with Crippen LogP contribution >= 0.6 is 0 Å². The predicted molar refractivity (Wildman–Crippen MR) is 111 cm³/mol. The molecule has 5 heteroatoms. The molecule has 2 aromatic carbocycles. The van der Waals surface area contributed by atoms with E-state index in [1.54, 1.807) is 6.20 Å². The average molecular weight is 362 g/mol. The molecule has 0 aliphatic carbocycles. The summed E-state index contributed by atoms with van der Waals surface area (Å²) in [5, 5.41) is 6.53. The molecule has 3 aromatic rings. The van der Waals surface area contributed by atoms with Crippen LogP contribution in [0.2, 0.25) is 0 Å². The van der Waals surface area contributed by atoms with Gasteiger partial charge in [-0.1, -0.05) is 32.9 Å². The molecule has 0 aliphatic rings. The molecule has 0 saturated carbocycles. The molecule has 0 saturated heterocycles. The van der Waals surface area contributed by atoms with Crippen molar-refractivity contribution in [3.05, 3.63) is 66.4 Å². The molecule has 3 rings (SSSR count). The van der Waals surface area contributed by atoms with Gasteiger partial charge in [-0.3, -0.25) is 0 Å². The Balaban J connectivity index is 1.68. The van der Waals surface area contributed by atoms with E-state index in [0.29, 0.717) is 12.6 Å². The average Bonchev–Trinajstić information content (AvgIpc) is 2.64. The van der Waals surface area contributed by atoms with E-state index in [0.717, 1.165) is 22.9 Å². The second kappa shape index (κ2) is 8.08. The maximum atomic E-state index is 5.46. The topological polar surface area (TPSA) is 59.1 Å². The molecule has 0 atom stereocenters. The molecule has 0 amide bonds. The zero-order valence-electron chi connectivity index (χ0n) is 16.3. The Hall–Kier alpha value is -3.08. The molecule has 0 spiro atoms. The number of benzene rings is 2. The summed E-state index contributed by atoms with van der Waals surface area (Å²) in [6.45, 7) is 9.24. The van der Waals surface area contributed by atoms with E-state index in [4.69, 9.17) is 4.74 Å². The van der Waals surface area contributed by atoms with Crippen molar-refractivity contribution in [1.29, 1.82) is 0 Å². The highest BCUT2D eigenvalue weighted by molar-refractivity contribution is 5.60. The molecule has 0 radical (unpaired) electrons. The summed E-state index contributed by atoms with van der Waals surface area (Å²) in [5.41, 5.74) is 3.33. The van der Waals surface area contributed by atoms with E-state index in [1.807, 2.05) is 37.3 Å². The van der Waals surface area contributed by atoms with Gasteiger partial charge in [0.25, 0.3) is 0 Å². The molecule has 0 fully saturated rings. The van der Waals surface area contributed by atoms with E-state index in [1.165, 1.54) is 5.56 Å². The quantitative estimate of drug-likeness (QED) is 0.592. The van der Waals surface area contributed by atoms with Gasteiger partial charge in [0.15, 0.2) is 0 Å². The lowest BCUT2D eigenvalue weighted by atomic mass is 9.87. The van der Waals surface area contributed by atoms with Crippen LogP contribution in [0.4, 0.5) is 23.1 Å². The lowest BCUT2D eigenvalue weighted by Gasteiger charge is -2.19. The molecule has 140 valence electrons. The fraction of sp³-hybridized carbons (Fsp3) is 0.273. The monoisotopic (exact) mass is 362 g/mol. The van der Waals surface area contributed by atoms with Crippen LogP contribution in [0.15, 0.2) is 60.8 Å². The lowest BCUT2D eigenvalue weighted by Crippen LogP contribution is -2.10. The van der Waals surface area contributed by atoms with Crippen molar-refractivity contribution < 1.29 is 4.74 Å². The predicted octanol–water partition coefficient (Wildman–Crippen LogP) is 5.66. The van der Waals surface area contributed by atoms with Crippen molar-refractivity contribution in [2.24, 2.45) is 0 Å². The molecule has 27 heavy (non-hydrogen) atoms. The van der Waals surface area contributed by atoms with Gasteiger partial charge >= 0.3 is 0 Å². The third-order valence-electron chi connectivity index (χ3n) is 4.10.